The van der Waals surface area contributed by atoms with Crippen LogP contribution in [0.15, 0.2) is 18.3 Å². The molecule has 1 heterocycles. The lowest BCUT2D eigenvalue weighted by Crippen LogP contribution is -2.04. The Bertz CT molecular complexity index is 268. The number of aromatic nitrogens is 1. The third-order valence-corrected chi connectivity index (χ3v) is 2.53. The predicted octanol–water partition coefficient (Wildman–Crippen LogP) is 3.60. The number of hydrogen-bond acceptors (Lipinski definition) is 2. The molecule has 0 aliphatic heterocycles. The molecule has 0 saturated carbocycles. The van der Waals surface area contributed by atoms with Crippen LogP contribution in [0.25, 0.3) is 0 Å². The molecule has 1 aromatic rings. The van der Waals surface area contributed by atoms with Gasteiger partial charge in [0.25, 0.3) is 0 Å². The maximum atomic E-state index is 5.57. The Balaban J connectivity index is 2.22. The first-order valence-corrected chi connectivity index (χ1v) is 5.77. The summed E-state index contributed by atoms with van der Waals surface area (Å²) in [4.78, 5) is 4.20. The summed E-state index contributed by atoms with van der Waals surface area (Å²) in [6, 6.07) is 3.96. The lowest BCUT2D eigenvalue weighted by molar-refractivity contribution is 0.269. The van der Waals surface area contributed by atoms with Crippen molar-refractivity contribution in [3.8, 4) is 5.88 Å². The van der Waals surface area contributed by atoms with Crippen molar-refractivity contribution in [2.75, 3.05) is 6.61 Å². The summed E-state index contributed by atoms with van der Waals surface area (Å²) < 4.78 is 5.57. The Morgan fingerprint density at radius 2 is 2.13 bits per heavy atom. The predicted molar refractivity (Wildman–Crippen MR) is 63.2 cm³/mol. The normalized spacial score (nSPS) is 12.5. The zero-order valence-electron chi connectivity index (χ0n) is 9.99. The van der Waals surface area contributed by atoms with E-state index in [-0.39, 0.29) is 0 Å². The van der Waals surface area contributed by atoms with E-state index in [0.717, 1.165) is 24.8 Å². The molecule has 1 atom stereocenters. The van der Waals surface area contributed by atoms with Crippen LogP contribution in [0.2, 0.25) is 0 Å². The zero-order chi connectivity index (χ0) is 11.1. The van der Waals surface area contributed by atoms with Crippen LogP contribution in [0.3, 0.4) is 0 Å². The molecular weight excluding hydrogens is 186 g/mol. The molecule has 0 radical (unpaired) electrons. The molecule has 1 rings (SSSR count). The summed E-state index contributed by atoms with van der Waals surface area (Å²) in [5.74, 6) is 1.49. The highest BCUT2D eigenvalue weighted by atomic mass is 16.5. The minimum atomic E-state index is 0.740. The molecule has 84 valence electrons. The third kappa shape index (κ3) is 4.82. The Morgan fingerprint density at radius 1 is 1.33 bits per heavy atom. The number of aryl methyl sites for hydroxylation is 1. The average Bonchev–Trinajstić information content (AvgIpc) is 2.21. The third-order valence-electron chi connectivity index (χ3n) is 2.53. The number of pyridine rings is 1. The van der Waals surface area contributed by atoms with Gasteiger partial charge in [-0.3, -0.25) is 0 Å². The minimum Gasteiger partial charge on any atom is -0.478 e. The van der Waals surface area contributed by atoms with Crippen molar-refractivity contribution in [2.45, 2.75) is 40.0 Å². The van der Waals surface area contributed by atoms with Gasteiger partial charge in [-0.15, -0.1) is 0 Å². The van der Waals surface area contributed by atoms with Crippen molar-refractivity contribution in [1.29, 1.82) is 0 Å². The standard InChI is InChI=1S/C13H21NO/c1-4-5-11(2)8-9-15-13-7-6-12(3)10-14-13/h6-7,10-11H,4-5,8-9H2,1-3H3. The largest absolute Gasteiger partial charge is 0.478 e. The van der Waals surface area contributed by atoms with E-state index in [2.05, 4.69) is 18.8 Å². The molecule has 0 aliphatic rings. The van der Waals surface area contributed by atoms with Crippen LogP contribution in [-0.2, 0) is 0 Å². The van der Waals surface area contributed by atoms with Crippen molar-refractivity contribution in [3.63, 3.8) is 0 Å². The summed E-state index contributed by atoms with van der Waals surface area (Å²) in [6.07, 6.45) is 5.49. The molecule has 0 bridgehead atoms. The van der Waals surface area contributed by atoms with Crippen LogP contribution in [0.5, 0.6) is 5.88 Å². The molecule has 0 spiro atoms. The van der Waals surface area contributed by atoms with Crippen molar-refractivity contribution < 1.29 is 4.74 Å². The number of rotatable bonds is 6. The second kappa shape index (κ2) is 6.44. The number of hydrogen-bond donors (Lipinski definition) is 0. The highest BCUT2D eigenvalue weighted by Crippen LogP contribution is 2.12. The van der Waals surface area contributed by atoms with Crippen molar-refractivity contribution in [1.82, 2.24) is 4.98 Å². The van der Waals surface area contributed by atoms with Gasteiger partial charge in [0.05, 0.1) is 6.61 Å². The summed E-state index contributed by atoms with van der Waals surface area (Å²) in [5.41, 5.74) is 1.17. The molecule has 2 heteroatoms. The maximum absolute atomic E-state index is 5.57. The highest BCUT2D eigenvalue weighted by Gasteiger charge is 2.01. The molecule has 0 N–H and O–H groups in total. The van der Waals surface area contributed by atoms with Crippen LogP contribution >= 0.6 is 0 Å². The lowest BCUT2D eigenvalue weighted by atomic mass is 10.0. The molecular formula is C13H21NO. The smallest absolute Gasteiger partial charge is 0.213 e. The van der Waals surface area contributed by atoms with Gasteiger partial charge in [0.1, 0.15) is 0 Å². The average molecular weight is 207 g/mol. The van der Waals surface area contributed by atoms with E-state index in [0.29, 0.717) is 0 Å². The molecule has 0 aromatic carbocycles. The number of ether oxygens (including phenoxy) is 1. The van der Waals surface area contributed by atoms with E-state index in [9.17, 15) is 0 Å². The topological polar surface area (TPSA) is 22.1 Å². The second-order valence-corrected chi connectivity index (χ2v) is 4.20. The fraction of sp³-hybridized carbons (Fsp3) is 0.615. The van der Waals surface area contributed by atoms with Crippen LogP contribution < -0.4 is 4.74 Å². The number of nitrogens with zero attached hydrogens (tertiary/aromatic N) is 1. The summed E-state index contributed by atoms with van der Waals surface area (Å²) >= 11 is 0. The molecule has 1 unspecified atom stereocenters. The second-order valence-electron chi connectivity index (χ2n) is 4.20. The van der Waals surface area contributed by atoms with E-state index in [1.807, 2.05) is 25.3 Å². The fourth-order valence-corrected chi connectivity index (χ4v) is 1.54. The Kier molecular flexibility index (Phi) is 5.16. The van der Waals surface area contributed by atoms with Crippen LogP contribution in [0.4, 0.5) is 0 Å². The maximum Gasteiger partial charge on any atom is 0.213 e. The van der Waals surface area contributed by atoms with Crippen molar-refractivity contribution in [2.24, 2.45) is 5.92 Å². The first-order chi connectivity index (χ1) is 7.22. The first kappa shape index (κ1) is 12.0. The Hall–Kier alpha value is -1.05. The van der Waals surface area contributed by atoms with Gasteiger partial charge < -0.3 is 4.74 Å². The van der Waals surface area contributed by atoms with Gasteiger partial charge in [0, 0.05) is 12.3 Å². The molecule has 0 amide bonds. The SMILES string of the molecule is CCCC(C)CCOc1ccc(C)cn1. The molecule has 0 aliphatic carbocycles. The monoisotopic (exact) mass is 207 g/mol. The van der Waals surface area contributed by atoms with E-state index in [1.165, 1.54) is 18.4 Å². The zero-order valence-corrected chi connectivity index (χ0v) is 9.99. The highest BCUT2D eigenvalue weighted by molar-refractivity contribution is 5.16. The van der Waals surface area contributed by atoms with E-state index < -0.39 is 0 Å². The minimum absolute atomic E-state index is 0.740. The van der Waals surface area contributed by atoms with Crippen molar-refractivity contribution >= 4 is 0 Å². The van der Waals surface area contributed by atoms with Gasteiger partial charge in [-0.2, -0.15) is 0 Å². The van der Waals surface area contributed by atoms with Crippen LogP contribution in [-0.4, -0.2) is 11.6 Å². The molecule has 0 fully saturated rings. The van der Waals surface area contributed by atoms with Gasteiger partial charge in [-0.25, -0.2) is 4.98 Å². The summed E-state index contributed by atoms with van der Waals surface area (Å²) in [7, 11) is 0. The summed E-state index contributed by atoms with van der Waals surface area (Å²) in [5, 5.41) is 0. The van der Waals surface area contributed by atoms with Gasteiger partial charge in [0.2, 0.25) is 5.88 Å². The fourth-order valence-electron chi connectivity index (χ4n) is 1.54. The van der Waals surface area contributed by atoms with E-state index >= 15 is 0 Å². The van der Waals surface area contributed by atoms with E-state index in [1.54, 1.807) is 0 Å². The van der Waals surface area contributed by atoms with Gasteiger partial charge >= 0.3 is 0 Å². The lowest BCUT2D eigenvalue weighted by Gasteiger charge is -2.10. The summed E-state index contributed by atoms with van der Waals surface area (Å²) in [6.45, 7) is 7.30. The molecule has 1 aromatic heterocycles. The molecule has 2 nitrogen and oxygen atoms in total. The van der Waals surface area contributed by atoms with Crippen LogP contribution in [0, 0.1) is 12.8 Å². The van der Waals surface area contributed by atoms with Crippen LogP contribution in [0.1, 0.15) is 38.7 Å². The quantitative estimate of drug-likeness (QED) is 0.711. The Labute approximate surface area is 92.7 Å². The van der Waals surface area contributed by atoms with Crippen molar-refractivity contribution in [3.05, 3.63) is 23.9 Å². The van der Waals surface area contributed by atoms with Gasteiger partial charge in [-0.1, -0.05) is 32.8 Å². The van der Waals surface area contributed by atoms with E-state index in [4.69, 9.17) is 4.74 Å². The van der Waals surface area contributed by atoms with Gasteiger partial charge in [0.15, 0.2) is 0 Å². The Morgan fingerprint density at radius 3 is 2.73 bits per heavy atom. The first-order valence-electron chi connectivity index (χ1n) is 5.77. The molecule has 0 saturated heterocycles. The van der Waals surface area contributed by atoms with Gasteiger partial charge in [-0.05, 0) is 24.8 Å². The molecule has 15 heavy (non-hydrogen) atoms.